The Labute approximate surface area is 112 Å². The van der Waals surface area contributed by atoms with Gasteiger partial charge in [-0.3, -0.25) is 4.79 Å². The van der Waals surface area contributed by atoms with Crippen molar-refractivity contribution in [1.82, 2.24) is 4.90 Å². The highest BCUT2D eigenvalue weighted by molar-refractivity contribution is 6.42. The first-order valence-electron chi connectivity index (χ1n) is 5.73. The van der Waals surface area contributed by atoms with Crippen molar-refractivity contribution in [1.29, 1.82) is 0 Å². The van der Waals surface area contributed by atoms with Gasteiger partial charge in [-0.05, 0) is 23.6 Å². The van der Waals surface area contributed by atoms with Gasteiger partial charge in [0.25, 0.3) is 0 Å². The molecule has 0 aromatic heterocycles. The molecule has 4 heteroatoms. The van der Waals surface area contributed by atoms with E-state index in [-0.39, 0.29) is 11.8 Å². The molecule has 2 nitrogen and oxygen atoms in total. The third-order valence-corrected chi connectivity index (χ3v) is 4.13. The molecular weight excluding hydrogens is 257 g/mol. The van der Waals surface area contributed by atoms with Crippen LogP contribution in [0.4, 0.5) is 0 Å². The van der Waals surface area contributed by atoms with Crippen LogP contribution < -0.4 is 0 Å². The van der Waals surface area contributed by atoms with Crippen LogP contribution in [-0.2, 0) is 11.2 Å². The molecule has 0 spiro atoms. The topological polar surface area (TPSA) is 20.3 Å². The molecule has 0 bridgehead atoms. The number of benzene rings is 1. The van der Waals surface area contributed by atoms with E-state index < -0.39 is 0 Å². The predicted molar refractivity (Wildman–Crippen MR) is 70.8 cm³/mol. The molecule has 0 saturated heterocycles. The number of rotatable bonds is 0. The minimum atomic E-state index is 0.117. The van der Waals surface area contributed by atoms with Crippen LogP contribution in [0.5, 0.6) is 0 Å². The molecule has 1 aliphatic rings. The number of fused-ring (bicyclic) bond motifs is 1. The maximum absolute atomic E-state index is 11.5. The largest absolute Gasteiger partial charge is 0.342 e. The van der Waals surface area contributed by atoms with Crippen molar-refractivity contribution < 1.29 is 4.79 Å². The first-order chi connectivity index (χ1) is 8.00. The van der Waals surface area contributed by atoms with E-state index in [2.05, 4.69) is 6.92 Å². The van der Waals surface area contributed by atoms with Crippen LogP contribution in [0.2, 0.25) is 10.0 Å². The van der Waals surface area contributed by atoms with Crippen molar-refractivity contribution in [2.24, 2.45) is 0 Å². The van der Waals surface area contributed by atoms with Gasteiger partial charge < -0.3 is 4.90 Å². The first kappa shape index (κ1) is 12.7. The second kappa shape index (κ2) is 4.87. The number of halogens is 2. The molecule has 1 heterocycles. The summed E-state index contributed by atoms with van der Waals surface area (Å²) in [7, 11) is 0. The van der Waals surface area contributed by atoms with E-state index in [1.165, 1.54) is 5.56 Å². The summed E-state index contributed by atoms with van der Waals surface area (Å²) >= 11 is 12.3. The summed E-state index contributed by atoms with van der Waals surface area (Å²) in [6.45, 7) is 5.16. The van der Waals surface area contributed by atoms with Gasteiger partial charge in [-0.15, -0.1) is 0 Å². The Balaban J connectivity index is 2.41. The maximum Gasteiger partial charge on any atom is 0.219 e. The second-order valence-corrected chi connectivity index (χ2v) is 5.34. The normalized spacial score (nSPS) is 19.8. The number of hydrogen-bond donors (Lipinski definition) is 0. The van der Waals surface area contributed by atoms with E-state index in [1.807, 2.05) is 17.0 Å². The maximum atomic E-state index is 11.5. The van der Waals surface area contributed by atoms with Gasteiger partial charge in [-0.2, -0.15) is 0 Å². The fourth-order valence-electron chi connectivity index (χ4n) is 2.41. The van der Waals surface area contributed by atoms with Gasteiger partial charge in [0.05, 0.1) is 10.0 Å². The molecule has 1 atom stereocenters. The molecule has 0 aliphatic carbocycles. The van der Waals surface area contributed by atoms with Gasteiger partial charge >= 0.3 is 0 Å². The van der Waals surface area contributed by atoms with Gasteiger partial charge in [-0.1, -0.05) is 36.2 Å². The number of amides is 1. The fourth-order valence-corrected chi connectivity index (χ4v) is 2.95. The SMILES string of the molecule is CC(=O)N1CCc2ccc(Cl)c(Cl)c2C(C)C1. The third-order valence-electron chi connectivity index (χ3n) is 3.31. The Morgan fingerprint density at radius 2 is 2.12 bits per heavy atom. The zero-order valence-electron chi connectivity index (χ0n) is 9.96. The Hall–Kier alpha value is -0.730. The van der Waals surface area contributed by atoms with Gasteiger partial charge in [0.1, 0.15) is 0 Å². The molecule has 1 amide bonds. The molecule has 0 fully saturated rings. The lowest BCUT2D eigenvalue weighted by molar-refractivity contribution is -0.128. The number of nitrogens with zero attached hydrogens (tertiary/aromatic N) is 1. The van der Waals surface area contributed by atoms with Crippen LogP contribution in [0.3, 0.4) is 0 Å². The van der Waals surface area contributed by atoms with E-state index in [4.69, 9.17) is 23.2 Å². The van der Waals surface area contributed by atoms with E-state index in [9.17, 15) is 4.79 Å². The van der Waals surface area contributed by atoms with Crippen LogP contribution in [-0.4, -0.2) is 23.9 Å². The molecule has 92 valence electrons. The minimum Gasteiger partial charge on any atom is -0.342 e. The number of hydrogen-bond acceptors (Lipinski definition) is 1. The molecule has 1 aromatic rings. The van der Waals surface area contributed by atoms with Gasteiger partial charge in [0.2, 0.25) is 5.91 Å². The Morgan fingerprint density at radius 1 is 1.41 bits per heavy atom. The molecule has 0 saturated carbocycles. The average molecular weight is 272 g/mol. The van der Waals surface area contributed by atoms with E-state index >= 15 is 0 Å². The summed E-state index contributed by atoms with van der Waals surface area (Å²) < 4.78 is 0. The van der Waals surface area contributed by atoms with E-state index in [1.54, 1.807) is 6.92 Å². The van der Waals surface area contributed by atoms with Crippen molar-refractivity contribution >= 4 is 29.1 Å². The lowest BCUT2D eigenvalue weighted by Crippen LogP contribution is -2.32. The quantitative estimate of drug-likeness (QED) is 0.707. The highest BCUT2D eigenvalue weighted by Gasteiger charge is 2.24. The minimum absolute atomic E-state index is 0.117. The molecule has 0 N–H and O–H groups in total. The zero-order valence-corrected chi connectivity index (χ0v) is 11.5. The van der Waals surface area contributed by atoms with Crippen LogP contribution in [0.15, 0.2) is 12.1 Å². The lowest BCUT2D eigenvalue weighted by atomic mass is 9.95. The third kappa shape index (κ3) is 2.43. The smallest absolute Gasteiger partial charge is 0.219 e. The zero-order chi connectivity index (χ0) is 12.6. The summed E-state index contributed by atoms with van der Waals surface area (Å²) in [6.07, 6.45) is 0.843. The highest BCUT2D eigenvalue weighted by atomic mass is 35.5. The van der Waals surface area contributed by atoms with Crippen molar-refractivity contribution in [3.63, 3.8) is 0 Å². The molecule has 0 radical (unpaired) electrons. The standard InChI is InChI=1S/C13H15Cl2NO/c1-8-7-16(9(2)17)6-5-10-3-4-11(14)13(15)12(8)10/h3-4,8H,5-7H2,1-2H3. The molecule has 1 unspecified atom stereocenters. The van der Waals surface area contributed by atoms with Gasteiger partial charge in [0.15, 0.2) is 0 Å². The van der Waals surface area contributed by atoms with Crippen molar-refractivity contribution in [3.05, 3.63) is 33.3 Å². The summed E-state index contributed by atoms with van der Waals surface area (Å²) in [4.78, 5) is 13.3. The fraction of sp³-hybridized carbons (Fsp3) is 0.462. The monoisotopic (exact) mass is 271 g/mol. The van der Waals surface area contributed by atoms with Crippen molar-refractivity contribution in [3.8, 4) is 0 Å². The lowest BCUT2D eigenvalue weighted by Gasteiger charge is -2.21. The van der Waals surface area contributed by atoms with E-state index in [0.717, 1.165) is 18.5 Å². The molecule has 17 heavy (non-hydrogen) atoms. The molecular formula is C13H15Cl2NO. The summed E-state index contributed by atoms with van der Waals surface area (Å²) in [5.41, 5.74) is 2.30. The first-order valence-corrected chi connectivity index (χ1v) is 6.48. The highest BCUT2D eigenvalue weighted by Crippen LogP contribution is 2.36. The number of carbonyl (C=O) groups excluding carboxylic acids is 1. The van der Waals surface area contributed by atoms with Crippen LogP contribution in [0, 0.1) is 0 Å². The van der Waals surface area contributed by atoms with Crippen molar-refractivity contribution in [2.45, 2.75) is 26.2 Å². The van der Waals surface area contributed by atoms with Crippen LogP contribution in [0.25, 0.3) is 0 Å². The average Bonchev–Trinajstić information content (AvgIpc) is 2.43. The predicted octanol–water partition coefficient (Wildman–Crippen LogP) is 3.50. The van der Waals surface area contributed by atoms with Crippen LogP contribution >= 0.6 is 23.2 Å². The molecule has 1 aromatic carbocycles. The number of carbonyl (C=O) groups is 1. The Bertz CT molecular complexity index is 459. The summed E-state index contributed by atoms with van der Waals surface area (Å²) in [5.74, 6) is 0.342. The van der Waals surface area contributed by atoms with Gasteiger partial charge in [0, 0.05) is 25.9 Å². The van der Waals surface area contributed by atoms with Crippen LogP contribution in [0.1, 0.15) is 30.9 Å². The second-order valence-electron chi connectivity index (χ2n) is 4.55. The Morgan fingerprint density at radius 3 is 2.76 bits per heavy atom. The summed E-state index contributed by atoms with van der Waals surface area (Å²) in [6, 6.07) is 3.85. The van der Waals surface area contributed by atoms with Crippen molar-refractivity contribution in [2.75, 3.05) is 13.1 Å². The van der Waals surface area contributed by atoms with E-state index in [0.29, 0.717) is 16.6 Å². The molecule has 2 rings (SSSR count). The summed E-state index contributed by atoms with van der Waals surface area (Å²) in [5, 5.41) is 1.23. The van der Waals surface area contributed by atoms with Gasteiger partial charge in [-0.25, -0.2) is 0 Å². The molecule has 1 aliphatic heterocycles. The Kier molecular flexibility index (Phi) is 3.64.